The van der Waals surface area contributed by atoms with Gasteiger partial charge in [-0.05, 0) is 69.9 Å². The maximum absolute atomic E-state index is 14.6. The Morgan fingerprint density at radius 2 is 1.83 bits per heavy atom. The zero-order chi connectivity index (χ0) is 24.5. The molecule has 5 atom stereocenters. The van der Waals surface area contributed by atoms with Gasteiger partial charge in [0.2, 0.25) is 5.91 Å². The highest BCUT2D eigenvalue weighted by Crippen LogP contribution is 2.47. The first-order valence-corrected chi connectivity index (χ1v) is 14.1. The number of nitrogens with one attached hydrogen (secondary N) is 3. The van der Waals surface area contributed by atoms with Gasteiger partial charge >= 0.3 is 0 Å². The second kappa shape index (κ2) is 10.9. The van der Waals surface area contributed by atoms with Gasteiger partial charge in [0.15, 0.2) is 0 Å². The molecule has 1 amide bonds. The van der Waals surface area contributed by atoms with Crippen LogP contribution in [0.2, 0.25) is 0 Å². The van der Waals surface area contributed by atoms with E-state index in [2.05, 4.69) is 20.9 Å². The zero-order valence-corrected chi connectivity index (χ0v) is 21.3. The fraction of sp³-hybridized carbons (Fsp3) is 0.962. The lowest BCUT2D eigenvalue weighted by Gasteiger charge is -2.52. The Bertz CT molecular complexity index is 729. The van der Waals surface area contributed by atoms with Gasteiger partial charge in [0.25, 0.3) is 0 Å². The Balaban J connectivity index is 1.29. The van der Waals surface area contributed by atoms with Gasteiger partial charge in [0.05, 0.1) is 31.3 Å². The summed E-state index contributed by atoms with van der Waals surface area (Å²) in [4.78, 5) is 16.4. The van der Waals surface area contributed by atoms with Gasteiger partial charge in [-0.1, -0.05) is 12.8 Å². The molecule has 0 aromatic rings. The summed E-state index contributed by atoms with van der Waals surface area (Å²) in [6, 6.07) is 0.109. The molecule has 4 aliphatic heterocycles. The van der Waals surface area contributed by atoms with E-state index in [1.807, 2.05) is 0 Å². The van der Waals surface area contributed by atoms with Gasteiger partial charge in [0.1, 0.15) is 6.17 Å². The van der Waals surface area contributed by atoms with Crippen LogP contribution in [0.4, 0.5) is 4.39 Å². The van der Waals surface area contributed by atoms with Crippen LogP contribution in [-0.4, -0.2) is 87.2 Å². The van der Waals surface area contributed by atoms with Crippen molar-refractivity contribution in [3.8, 4) is 0 Å². The van der Waals surface area contributed by atoms with Crippen LogP contribution in [0, 0.1) is 16.7 Å². The number of rotatable bonds is 5. The van der Waals surface area contributed by atoms with Crippen LogP contribution >= 0.6 is 0 Å². The van der Waals surface area contributed by atoms with E-state index in [1.165, 1.54) is 25.7 Å². The van der Waals surface area contributed by atoms with Crippen molar-refractivity contribution in [2.45, 2.75) is 94.7 Å². The number of nitrogens with zero attached hydrogens (tertiary/aromatic N) is 1. The molecular formula is C26H47FN6O2. The molecule has 0 bridgehead atoms. The second-order valence-electron chi connectivity index (χ2n) is 12.4. The third kappa shape index (κ3) is 5.70. The van der Waals surface area contributed by atoms with Crippen molar-refractivity contribution in [3.63, 3.8) is 0 Å². The molecular weight excluding hydrogens is 447 g/mol. The fourth-order valence-electron chi connectivity index (χ4n) is 7.81. The average Bonchev–Trinajstić information content (AvgIpc) is 3.28. The normalized spacial score (nSPS) is 36.5. The maximum atomic E-state index is 14.6. The number of carbonyl (C=O) groups excluding carboxylic acids is 1. The van der Waals surface area contributed by atoms with Gasteiger partial charge in [-0.15, -0.1) is 0 Å². The van der Waals surface area contributed by atoms with Gasteiger partial charge in [0, 0.05) is 37.1 Å². The van der Waals surface area contributed by atoms with Crippen molar-refractivity contribution in [3.05, 3.63) is 0 Å². The van der Waals surface area contributed by atoms with Crippen molar-refractivity contribution >= 4 is 5.91 Å². The minimum Gasteiger partial charge on any atom is -0.380 e. The number of halogens is 1. The van der Waals surface area contributed by atoms with Crippen LogP contribution in [0.1, 0.15) is 64.2 Å². The molecule has 5 rings (SSSR count). The van der Waals surface area contributed by atoms with E-state index >= 15 is 0 Å². The summed E-state index contributed by atoms with van der Waals surface area (Å²) in [7, 11) is 0. The quantitative estimate of drug-likeness (QED) is 0.360. The summed E-state index contributed by atoms with van der Waals surface area (Å²) < 4.78 is 20.1. The third-order valence-corrected chi connectivity index (χ3v) is 9.81. The Labute approximate surface area is 209 Å². The molecule has 2 spiro atoms. The molecule has 1 saturated carbocycles. The molecule has 1 aliphatic carbocycles. The summed E-state index contributed by atoms with van der Waals surface area (Å²) in [5.41, 5.74) is 13.0. The first kappa shape index (κ1) is 25.8. The molecule has 5 aliphatic rings. The second-order valence-corrected chi connectivity index (χ2v) is 12.4. The summed E-state index contributed by atoms with van der Waals surface area (Å²) in [5, 5.41) is 10.2. The summed E-state index contributed by atoms with van der Waals surface area (Å²) >= 11 is 0. The zero-order valence-electron chi connectivity index (χ0n) is 21.3. The molecule has 5 unspecified atom stereocenters. The van der Waals surface area contributed by atoms with Crippen LogP contribution in [0.3, 0.4) is 0 Å². The first-order chi connectivity index (χ1) is 16.9. The van der Waals surface area contributed by atoms with E-state index in [-0.39, 0.29) is 30.0 Å². The predicted octanol–water partition coefficient (Wildman–Crippen LogP) is 0.846. The van der Waals surface area contributed by atoms with E-state index in [4.69, 9.17) is 16.2 Å². The van der Waals surface area contributed by atoms with Crippen LogP contribution < -0.4 is 27.4 Å². The number of nitrogens with two attached hydrogens (primary N) is 2. The lowest BCUT2D eigenvalue weighted by Crippen LogP contribution is -2.66. The van der Waals surface area contributed by atoms with Crippen LogP contribution in [-0.2, 0) is 9.53 Å². The molecule has 0 radical (unpaired) electrons. The number of alkyl halides is 1. The van der Waals surface area contributed by atoms with Gasteiger partial charge < -0.3 is 32.2 Å². The molecule has 0 aromatic heterocycles. The SMILES string of the molecule is NC(N)C(C(=O)NC1CNCCC1N1CCCC2(COC2)C1)C1CC2(CCCC2)CCC(F)CN1. The summed E-state index contributed by atoms with van der Waals surface area (Å²) in [6.07, 6.45) is 8.70. The minimum absolute atomic E-state index is 0.0107. The van der Waals surface area contributed by atoms with Crippen molar-refractivity contribution < 1.29 is 13.9 Å². The van der Waals surface area contributed by atoms with E-state index in [1.54, 1.807) is 0 Å². The summed E-state index contributed by atoms with van der Waals surface area (Å²) in [6.45, 7) is 5.82. The van der Waals surface area contributed by atoms with E-state index in [0.29, 0.717) is 17.9 Å². The highest BCUT2D eigenvalue weighted by molar-refractivity contribution is 5.80. The molecule has 5 fully saturated rings. The molecule has 4 heterocycles. The predicted molar refractivity (Wildman–Crippen MR) is 134 cm³/mol. The number of hydrogen-bond acceptors (Lipinski definition) is 7. The topological polar surface area (TPSA) is 118 Å². The van der Waals surface area contributed by atoms with Crippen LogP contribution in [0.5, 0.6) is 0 Å². The van der Waals surface area contributed by atoms with Crippen molar-refractivity contribution in [1.82, 2.24) is 20.9 Å². The highest BCUT2D eigenvalue weighted by Gasteiger charge is 2.46. The summed E-state index contributed by atoms with van der Waals surface area (Å²) in [5.74, 6) is -0.660. The number of amides is 1. The fourth-order valence-corrected chi connectivity index (χ4v) is 7.81. The molecule has 200 valence electrons. The molecule has 4 saturated heterocycles. The van der Waals surface area contributed by atoms with Gasteiger partial charge in [-0.25, -0.2) is 4.39 Å². The Kier molecular flexibility index (Phi) is 8.01. The Morgan fingerprint density at radius 3 is 2.54 bits per heavy atom. The van der Waals surface area contributed by atoms with E-state index in [0.717, 1.165) is 71.5 Å². The highest BCUT2D eigenvalue weighted by atomic mass is 19.1. The lowest BCUT2D eigenvalue weighted by molar-refractivity contribution is -0.152. The molecule has 8 nitrogen and oxygen atoms in total. The van der Waals surface area contributed by atoms with Crippen molar-refractivity contribution in [2.24, 2.45) is 28.2 Å². The van der Waals surface area contributed by atoms with E-state index < -0.39 is 18.3 Å². The average molecular weight is 495 g/mol. The lowest BCUT2D eigenvalue weighted by atomic mass is 9.72. The van der Waals surface area contributed by atoms with E-state index in [9.17, 15) is 9.18 Å². The Hall–Kier alpha value is -0.840. The number of likely N-dealkylation sites (tertiary alicyclic amines) is 1. The molecule has 0 aromatic carbocycles. The maximum Gasteiger partial charge on any atom is 0.227 e. The largest absolute Gasteiger partial charge is 0.380 e. The molecule has 7 N–H and O–H groups in total. The smallest absolute Gasteiger partial charge is 0.227 e. The standard InChI is InChI=1S/C26H47FN6O2/c27-18-4-9-25(6-1-2-7-25)12-19(31-13-18)22(23(28)29)24(34)32-20-14-30-10-5-21(20)33-11-3-8-26(15-33)16-35-17-26/h18-23,30-31H,1-17,28-29H2,(H,32,34). The number of ether oxygens (including phenoxy) is 1. The van der Waals surface area contributed by atoms with Gasteiger partial charge in [-0.3, -0.25) is 9.69 Å². The van der Waals surface area contributed by atoms with Crippen LogP contribution in [0.25, 0.3) is 0 Å². The number of carbonyl (C=O) groups is 1. The third-order valence-electron chi connectivity index (χ3n) is 9.81. The van der Waals surface area contributed by atoms with Crippen molar-refractivity contribution in [2.75, 3.05) is 45.9 Å². The monoisotopic (exact) mass is 494 g/mol. The minimum atomic E-state index is -0.887. The van der Waals surface area contributed by atoms with Crippen LogP contribution in [0.15, 0.2) is 0 Å². The Morgan fingerprint density at radius 1 is 1.06 bits per heavy atom. The van der Waals surface area contributed by atoms with Crippen molar-refractivity contribution in [1.29, 1.82) is 0 Å². The number of piperidine rings is 2. The number of hydrogen-bond donors (Lipinski definition) is 5. The van der Waals surface area contributed by atoms with Gasteiger partial charge in [-0.2, -0.15) is 0 Å². The first-order valence-electron chi connectivity index (χ1n) is 14.1. The molecule has 9 heteroatoms. The molecule has 35 heavy (non-hydrogen) atoms.